The third kappa shape index (κ3) is 2.94. The molecule has 0 aromatic heterocycles. The van der Waals surface area contributed by atoms with Gasteiger partial charge < -0.3 is 4.74 Å². The number of nitrogens with one attached hydrogen (secondary N) is 1. The van der Waals surface area contributed by atoms with Gasteiger partial charge >= 0.3 is 6.18 Å². The number of fused-ring (bicyclic) bond motifs is 1. The van der Waals surface area contributed by atoms with Crippen molar-refractivity contribution in [3.05, 3.63) is 29.3 Å². The monoisotopic (exact) mass is 260 g/mol. The van der Waals surface area contributed by atoms with Crippen LogP contribution in [0.3, 0.4) is 0 Å². The summed E-state index contributed by atoms with van der Waals surface area (Å²) in [5.41, 5.74) is 4.17. The van der Waals surface area contributed by atoms with Crippen molar-refractivity contribution in [1.29, 1.82) is 0 Å². The molecule has 1 aliphatic rings. The average molecular weight is 260 g/mol. The highest BCUT2D eigenvalue weighted by Gasteiger charge is 2.30. The summed E-state index contributed by atoms with van der Waals surface area (Å²) in [6, 6.07) is 4.95. The van der Waals surface area contributed by atoms with E-state index in [-0.39, 0.29) is 6.42 Å². The Balaban J connectivity index is 2.15. The molecule has 1 unspecified atom stereocenters. The first-order chi connectivity index (χ1) is 8.51. The minimum Gasteiger partial charge on any atom is -0.493 e. The first-order valence-electron chi connectivity index (χ1n) is 5.79. The molecule has 0 amide bonds. The molecule has 0 spiro atoms. The van der Waals surface area contributed by atoms with Gasteiger partial charge in [-0.3, -0.25) is 11.3 Å². The van der Waals surface area contributed by atoms with Gasteiger partial charge in [0.2, 0.25) is 0 Å². The van der Waals surface area contributed by atoms with E-state index in [0.29, 0.717) is 17.9 Å². The second kappa shape index (κ2) is 5.16. The van der Waals surface area contributed by atoms with Crippen LogP contribution in [-0.2, 0) is 6.42 Å². The fourth-order valence-corrected chi connectivity index (χ4v) is 2.15. The number of hydrogen-bond donors (Lipinski definition) is 2. The van der Waals surface area contributed by atoms with Crippen molar-refractivity contribution >= 4 is 0 Å². The molecule has 0 saturated carbocycles. The average Bonchev–Trinajstić information content (AvgIpc) is 2.77. The van der Waals surface area contributed by atoms with E-state index >= 15 is 0 Å². The summed E-state index contributed by atoms with van der Waals surface area (Å²) in [6.45, 7) is 0.572. The Kier molecular flexibility index (Phi) is 3.77. The molecule has 1 heterocycles. The van der Waals surface area contributed by atoms with Gasteiger partial charge in [-0.2, -0.15) is 13.2 Å². The number of benzene rings is 1. The maximum absolute atomic E-state index is 12.2. The Bertz CT molecular complexity index is 420. The van der Waals surface area contributed by atoms with Crippen molar-refractivity contribution < 1.29 is 17.9 Å². The number of alkyl halides is 3. The lowest BCUT2D eigenvalue weighted by Gasteiger charge is -2.19. The van der Waals surface area contributed by atoms with E-state index in [0.717, 1.165) is 12.0 Å². The molecule has 1 aliphatic heterocycles. The second-order valence-electron chi connectivity index (χ2n) is 4.31. The quantitative estimate of drug-likeness (QED) is 0.646. The summed E-state index contributed by atoms with van der Waals surface area (Å²) in [4.78, 5) is 0. The lowest BCUT2D eigenvalue weighted by Crippen LogP contribution is -2.29. The molecule has 3 N–H and O–H groups in total. The zero-order valence-corrected chi connectivity index (χ0v) is 9.76. The maximum atomic E-state index is 12.2. The Morgan fingerprint density at radius 2 is 2.17 bits per heavy atom. The SMILES string of the molecule is NNC(CCC(F)(F)F)c1cccc2c1OCC2. The van der Waals surface area contributed by atoms with Crippen LogP contribution in [0.5, 0.6) is 5.75 Å². The van der Waals surface area contributed by atoms with Crippen LogP contribution in [0.2, 0.25) is 0 Å². The van der Waals surface area contributed by atoms with Crippen LogP contribution >= 0.6 is 0 Å². The van der Waals surface area contributed by atoms with Crippen molar-refractivity contribution in [2.24, 2.45) is 5.84 Å². The highest BCUT2D eigenvalue weighted by molar-refractivity contribution is 5.45. The molecule has 0 radical (unpaired) electrons. The number of ether oxygens (including phenoxy) is 1. The van der Waals surface area contributed by atoms with Crippen LogP contribution in [0.1, 0.15) is 30.0 Å². The van der Waals surface area contributed by atoms with Crippen LogP contribution in [0.25, 0.3) is 0 Å². The third-order valence-electron chi connectivity index (χ3n) is 3.04. The van der Waals surface area contributed by atoms with Gasteiger partial charge in [-0.15, -0.1) is 0 Å². The zero-order chi connectivity index (χ0) is 13.2. The van der Waals surface area contributed by atoms with Crippen LogP contribution < -0.4 is 16.0 Å². The van der Waals surface area contributed by atoms with E-state index in [9.17, 15) is 13.2 Å². The van der Waals surface area contributed by atoms with E-state index in [1.165, 1.54) is 0 Å². The normalized spacial score (nSPS) is 16.2. The van der Waals surface area contributed by atoms with E-state index in [1.54, 1.807) is 6.07 Å². The van der Waals surface area contributed by atoms with Crippen LogP contribution in [0, 0.1) is 0 Å². The smallest absolute Gasteiger partial charge is 0.389 e. The summed E-state index contributed by atoms with van der Waals surface area (Å²) in [7, 11) is 0. The zero-order valence-electron chi connectivity index (χ0n) is 9.76. The molecule has 1 aromatic carbocycles. The fraction of sp³-hybridized carbons (Fsp3) is 0.500. The lowest BCUT2D eigenvalue weighted by molar-refractivity contribution is -0.136. The van der Waals surface area contributed by atoms with Gasteiger partial charge in [-0.1, -0.05) is 18.2 Å². The number of nitrogens with two attached hydrogens (primary N) is 1. The van der Waals surface area contributed by atoms with Crippen molar-refractivity contribution in [2.45, 2.75) is 31.5 Å². The largest absolute Gasteiger partial charge is 0.493 e. The molecule has 0 aliphatic carbocycles. The Morgan fingerprint density at radius 3 is 2.83 bits per heavy atom. The third-order valence-corrected chi connectivity index (χ3v) is 3.04. The molecular formula is C12H15F3N2O. The first kappa shape index (κ1) is 13.2. The summed E-state index contributed by atoms with van der Waals surface area (Å²) < 4.78 is 42.2. The van der Waals surface area contributed by atoms with E-state index in [1.807, 2.05) is 12.1 Å². The summed E-state index contributed by atoms with van der Waals surface area (Å²) >= 11 is 0. The van der Waals surface area contributed by atoms with Crippen molar-refractivity contribution in [3.63, 3.8) is 0 Å². The summed E-state index contributed by atoms with van der Waals surface area (Å²) in [5.74, 6) is 6.04. The second-order valence-corrected chi connectivity index (χ2v) is 4.31. The van der Waals surface area contributed by atoms with E-state index in [2.05, 4.69) is 5.43 Å². The molecule has 0 bridgehead atoms. The van der Waals surface area contributed by atoms with E-state index in [4.69, 9.17) is 10.6 Å². The fourth-order valence-electron chi connectivity index (χ4n) is 2.15. The Morgan fingerprint density at radius 1 is 1.39 bits per heavy atom. The number of hydrogen-bond acceptors (Lipinski definition) is 3. The van der Waals surface area contributed by atoms with Gasteiger partial charge in [0.1, 0.15) is 5.75 Å². The van der Waals surface area contributed by atoms with Gasteiger partial charge in [0, 0.05) is 24.4 Å². The number of hydrazine groups is 1. The minimum absolute atomic E-state index is 0.0974. The molecule has 2 rings (SSSR count). The molecule has 1 aromatic rings. The van der Waals surface area contributed by atoms with Gasteiger partial charge in [-0.25, -0.2) is 0 Å². The molecular weight excluding hydrogens is 245 g/mol. The molecule has 0 saturated heterocycles. The summed E-state index contributed by atoms with van der Waals surface area (Å²) in [5, 5.41) is 0. The molecule has 18 heavy (non-hydrogen) atoms. The molecule has 100 valence electrons. The topological polar surface area (TPSA) is 47.3 Å². The highest BCUT2D eigenvalue weighted by atomic mass is 19.4. The van der Waals surface area contributed by atoms with Crippen LogP contribution in [-0.4, -0.2) is 12.8 Å². The number of rotatable bonds is 4. The molecule has 1 atom stereocenters. The van der Waals surface area contributed by atoms with Crippen molar-refractivity contribution in [1.82, 2.24) is 5.43 Å². The van der Waals surface area contributed by atoms with Crippen LogP contribution in [0.15, 0.2) is 18.2 Å². The predicted molar refractivity (Wildman–Crippen MR) is 61.0 cm³/mol. The summed E-state index contributed by atoms with van der Waals surface area (Å²) in [6.07, 6.45) is -4.35. The minimum atomic E-state index is -4.17. The van der Waals surface area contributed by atoms with Gasteiger partial charge in [0.25, 0.3) is 0 Å². The predicted octanol–water partition coefficient (Wildman–Crippen LogP) is 2.47. The standard InChI is InChI=1S/C12H15F3N2O/c13-12(14,15)6-4-10(17-16)9-3-1-2-8-5-7-18-11(8)9/h1-3,10,17H,4-7,16H2. The van der Waals surface area contributed by atoms with Gasteiger partial charge in [0.15, 0.2) is 0 Å². The maximum Gasteiger partial charge on any atom is 0.389 e. The number of halogens is 3. The van der Waals surface area contributed by atoms with Gasteiger partial charge in [0.05, 0.1) is 6.61 Å². The Labute approximate surface area is 103 Å². The number of para-hydroxylation sites is 1. The Hall–Kier alpha value is -1.27. The molecule has 3 nitrogen and oxygen atoms in total. The van der Waals surface area contributed by atoms with Crippen LogP contribution in [0.4, 0.5) is 13.2 Å². The van der Waals surface area contributed by atoms with Gasteiger partial charge in [-0.05, 0) is 12.0 Å². The molecule has 6 heteroatoms. The molecule has 0 fully saturated rings. The lowest BCUT2D eigenvalue weighted by atomic mass is 9.98. The van der Waals surface area contributed by atoms with Crippen molar-refractivity contribution in [3.8, 4) is 5.75 Å². The van der Waals surface area contributed by atoms with E-state index < -0.39 is 18.6 Å². The highest BCUT2D eigenvalue weighted by Crippen LogP contribution is 2.36. The first-order valence-corrected chi connectivity index (χ1v) is 5.79. The van der Waals surface area contributed by atoms with Crippen molar-refractivity contribution in [2.75, 3.05) is 6.61 Å².